The third kappa shape index (κ3) is 6.24. The Balaban J connectivity index is 1.80. The Bertz CT molecular complexity index is 915. The molecule has 0 aliphatic carbocycles. The molecule has 2 rings (SSSR count). The maximum absolute atomic E-state index is 12.1. The number of halogens is 3. The molecule has 0 atom stereocenters. The minimum absolute atomic E-state index is 0.109. The highest BCUT2D eigenvalue weighted by Crippen LogP contribution is 2.25. The van der Waals surface area contributed by atoms with Crippen molar-refractivity contribution < 1.29 is 14.3 Å². The smallest absolute Gasteiger partial charge is 0.276 e. The van der Waals surface area contributed by atoms with E-state index in [0.29, 0.717) is 15.8 Å². The van der Waals surface area contributed by atoms with Crippen molar-refractivity contribution in [3.8, 4) is 5.75 Å². The number of benzene rings is 2. The highest BCUT2D eigenvalue weighted by Gasteiger charge is 2.13. The van der Waals surface area contributed by atoms with Crippen molar-refractivity contribution in [1.82, 2.24) is 16.2 Å². The van der Waals surface area contributed by atoms with Crippen molar-refractivity contribution in [2.45, 2.75) is 13.8 Å². The Labute approximate surface area is 182 Å². The Morgan fingerprint density at radius 2 is 1.68 bits per heavy atom. The molecule has 2 amide bonds. The minimum atomic E-state index is -0.545. The third-order valence-electron chi connectivity index (χ3n) is 3.50. The van der Waals surface area contributed by atoms with Crippen LogP contribution in [0.15, 0.2) is 30.3 Å². The minimum Gasteiger partial charge on any atom is -0.484 e. The summed E-state index contributed by atoms with van der Waals surface area (Å²) in [5, 5.41) is 3.52. The van der Waals surface area contributed by atoms with Gasteiger partial charge < -0.3 is 4.74 Å². The van der Waals surface area contributed by atoms with Gasteiger partial charge in [-0.1, -0.05) is 34.8 Å². The van der Waals surface area contributed by atoms with E-state index in [9.17, 15) is 9.59 Å². The van der Waals surface area contributed by atoms with Crippen LogP contribution in [0, 0.1) is 13.8 Å². The van der Waals surface area contributed by atoms with E-state index < -0.39 is 11.8 Å². The maximum Gasteiger partial charge on any atom is 0.276 e. The summed E-state index contributed by atoms with van der Waals surface area (Å²) < 4.78 is 5.42. The van der Waals surface area contributed by atoms with E-state index in [0.717, 1.165) is 11.1 Å². The van der Waals surface area contributed by atoms with E-state index in [-0.39, 0.29) is 22.3 Å². The third-order valence-corrected chi connectivity index (χ3v) is 4.85. The molecule has 0 aromatic heterocycles. The molecule has 28 heavy (non-hydrogen) atoms. The lowest BCUT2D eigenvalue weighted by Crippen LogP contribution is -2.49. The van der Waals surface area contributed by atoms with Gasteiger partial charge >= 0.3 is 0 Å². The number of carbonyl (C=O) groups excluding carboxylic acids is 2. The second-order valence-electron chi connectivity index (χ2n) is 5.74. The summed E-state index contributed by atoms with van der Waals surface area (Å²) in [5.74, 6) is -0.522. The van der Waals surface area contributed by atoms with Gasteiger partial charge in [-0.3, -0.25) is 25.8 Å². The molecule has 148 valence electrons. The van der Waals surface area contributed by atoms with Crippen LogP contribution < -0.4 is 20.9 Å². The summed E-state index contributed by atoms with van der Waals surface area (Å²) in [6.07, 6.45) is 0. The van der Waals surface area contributed by atoms with Crippen LogP contribution in [0.1, 0.15) is 21.5 Å². The van der Waals surface area contributed by atoms with E-state index >= 15 is 0 Å². The van der Waals surface area contributed by atoms with E-state index in [1.165, 1.54) is 18.2 Å². The molecule has 0 spiro atoms. The molecule has 2 aromatic carbocycles. The number of carbonyl (C=O) groups is 2. The zero-order chi connectivity index (χ0) is 20.8. The quantitative estimate of drug-likeness (QED) is 0.475. The average molecular weight is 461 g/mol. The van der Waals surface area contributed by atoms with E-state index in [4.69, 9.17) is 51.8 Å². The Hall–Kier alpha value is -2.06. The first-order valence-electron chi connectivity index (χ1n) is 7.92. The number of ether oxygens (including phenoxy) is 1. The van der Waals surface area contributed by atoms with Crippen LogP contribution in [0.2, 0.25) is 15.1 Å². The number of hydrogen-bond acceptors (Lipinski definition) is 4. The van der Waals surface area contributed by atoms with E-state index in [1.807, 2.05) is 13.8 Å². The monoisotopic (exact) mass is 459 g/mol. The number of hydrazine groups is 1. The fourth-order valence-corrected chi connectivity index (χ4v) is 2.92. The largest absolute Gasteiger partial charge is 0.484 e. The van der Waals surface area contributed by atoms with Gasteiger partial charge in [0.2, 0.25) is 0 Å². The fraction of sp³-hybridized carbons (Fsp3) is 0.167. The van der Waals surface area contributed by atoms with Crippen molar-refractivity contribution >= 4 is 63.9 Å². The summed E-state index contributed by atoms with van der Waals surface area (Å²) in [4.78, 5) is 24.0. The molecule has 10 heteroatoms. The van der Waals surface area contributed by atoms with Crippen LogP contribution in [0.4, 0.5) is 0 Å². The average Bonchev–Trinajstić information content (AvgIpc) is 2.62. The van der Waals surface area contributed by atoms with Crippen molar-refractivity contribution in [3.63, 3.8) is 0 Å². The topological polar surface area (TPSA) is 79.5 Å². The van der Waals surface area contributed by atoms with Crippen LogP contribution in [0.25, 0.3) is 0 Å². The highest BCUT2D eigenvalue weighted by atomic mass is 35.5. The van der Waals surface area contributed by atoms with Crippen LogP contribution in [0.5, 0.6) is 5.75 Å². The van der Waals surface area contributed by atoms with Gasteiger partial charge in [-0.25, -0.2) is 0 Å². The lowest BCUT2D eigenvalue weighted by atomic mass is 10.1. The summed E-state index contributed by atoms with van der Waals surface area (Å²) in [7, 11) is 0. The fourth-order valence-electron chi connectivity index (χ4n) is 2.18. The van der Waals surface area contributed by atoms with Gasteiger partial charge in [-0.2, -0.15) is 0 Å². The number of thiocarbonyl (C=S) groups is 1. The Morgan fingerprint density at radius 1 is 1.04 bits per heavy atom. The maximum atomic E-state index is 12.1. The van der Waals surface area contributed by atoms with Crippen molar-refractivity contribution in [3.05, 3.63) is 62.1 Å². The van der Waals surface area contributed by atoms with Crippen molar-refractivity contribution in [2.24, 2.45) is 0 Å². The first kappa shape index (κ1) is 22.2. The lowest BCUT2D eigenvalue weighted by Gasteiger charge is -2.13. The number of nitrogens with one attached hydrogen (secondary N) is 3. The van der Waals surface area contributed by atoms with Crippen LogP contribution >= 0.6 is 47.0 Å². The predicted molar refractivity (Wildman–Crippen MR) is 114 cm³/mol. The number of rotatable bonds is 4. The molecule has 0 aliphatic rings. The Kier molecular flexibility index (Phi) is 7.88. The normalized spacial score (nSPS) is 10.2. The number of hydrogen-bond donors (Lipinski definition) is 3. The number of amides is 2. The van der Waals surface area contributed by atoms with Gasteiger partial charge in [-0.05, 0) is 67.5 Å². The van der Waals surface area contributed by atoms with Crippen LogP contribution in [-0.4, -0.2) is 23.5 Å². The van der Waals surface area contributed by atoms with Gasteiger partial charge in [0.1, 0.15) is 5.75 Å². The summed E-state index contributed by atoms with van der Waals surface area (Å²) in [6, 6.07) is 7.89. The molecule has 0 bridgehead atoms. The molecule has 0 heterocycles. The van der Waals surface area contributed by atoms with Gasteiger partial charge in [-0.15, -0.1) is 0 Å². The Morgan fingerprint density at radius 3 is 2.29 bits per heavy atom. The van der Waals surface area contributed by atoms with Gasteiger partial charge in [0.15, 0.2) is 11.7 Å². The molecule has 3 N–H and O–H groups in total. The zero-order valence-corrected chi connectivity index (χ0v) is 17.9. The lowest BCUT2D eigenvalue weighted by molar-refractivity contribution is -0.123. The molecule has 0 fully saturated rings. The first-order valence-corrected chi connectivity index (χ1v) is 9.46. The molecule has 0 saturated carbocycles. The highest BCUT2D eigenvalue weighted by molar-refractivity contribution is 7.80. The van der Waals surface area contributed by atoms with Crippen molar-refractivity contribution in [1.29, 1.82) is 0 Å². The van der Waals surface area contributed by atoms with Gasteiger partial charge in [0.05, 0.1) is 10.6 Å². The second kappa shape index (κ2) is 9.93. The molecule has 6 nitrogen and oxygen atoms in total. The van der Waals surface area contributed by atoms with Crippen LogP contribution in [0.3, 0.4) is 0 Å². The molecular formula is C18H16Cl3N3O3S. The van der Waals surface area contributed by atoms with E-state index in [1.54, 1.807) is 12.1 Å². The molecule has 0 aliphatic heterocycles. The number of aryl methyl sites for hydroxylation is 2. The van der Waals surface area contributed by atoms with E-state index in [2.05, 4.69) is 16.2 Å². The zero-order valence-electron chi connectivity index (χ0n) is 14.9. The predicted octanol–water partition coefficient (Wildman–Crippen LogP) is 3.98. The summed E-state index contributed by atoms with van der Waals surface area (Å²) >= 11 is 22.8. The summed E-state index contributed by atoms with van der Waals surface area (Å²) in [5.41, 5.74) is 6.62. The second-order valence-corrected chi connectivity index (χ2v) is 7.37. The molecule has 2 aromatic rings. The van der Waals surface area contributed by atoms with Gasteiger partial charge in [0, 0.05) is 10.0 Å². The van der Waals surface area contributed by atoms with Crippen molar-refractivity contribution in [2.75, 3.05) is 6.61 Å². The molecule has 0 unspecified atom stereocenters. The van der Waals surface area contributed by atoms with Crippen LogP contribution in [-0.2, 0) is 4.79 Å². The molecule has 0 saturated heterocycles. The molecule has 0 radical (unpaired) electrons. The first-order chi connectivity index (χ1) is 13.2. The molecular weight excluding hydrogens is 445 g/mol. The SMILES string of the molecule is Cc1cc(OCC(=O)NNC(=S)NC(=O)c2ccc(Cl)cc2Cl)cc(C)c1Cl. The standard InChI is InChI=1S/C18H16Cl3N3O3S/c1-9-5-12(6-10(2)16(9)21)27-8-15(25)23-24-18(28)22-17(26)13-4-3-11(19)7-14(13)20/h3-7H,8H2,1-2H3,(H,23,25)(H2,22,24,26,28). The summed E-state index contributed by atoms with van der Waals surface area (Å²) in [6.45, 7) is 3.43. The van der Waals surface area contributed by atoms with Gasteiger partial charge in [0.25, 0.3) is 11.8 Å².